The number of nitro benzene ring substituents is 1. The van der Waals surface area contributed by atoms with Gasteiger partial charge in [-0.2, -0.15) is 0 Å². The number of hydrogen-bond donors (Lipinski definition) is 2. The summed E-state index contributed by atoms with van der Waals surface area (Å²) in [5.74, 6) is -0.394. The number of amides is 1. The molecule has 7 nitrogen and oxygen atoms in total. The average molecular weight is 433 g/mol. The summed E-state index contributed by atoms with van der Waals surface area (Å²) in [6.45, 7) is 1.84. The van der Waals surface area contributed by atoms with Crippen molar-refractivity contribution in [2.75, 3.05) is 5.32 Å². The van der Waals surface area contributed by atoms with Gasteiger partial charge in [0.25, 0.3) is 11.6 Å². The Bertz CT molecular complexity index is 1080. The first-order chi connectivity index (χ1) is 13.3. The minimum atomic E-state index is -0.461. The number of anilines is 1. The van der Waals surface area contributed by atoms with E-state index in [0.29, 0.717) is 27.0 Å². The van der Waals surface area contributed by atoms with Gasteiger partial charge < -0.3 is 5.32 Å². The summed E-state index contributed by atoms with van der Waals surface area (Å²) in [5.41, 5.74) is 2.42. The first-order valence-corrected chi connectivity index (χ1v) is 9.59. The Morgan fingerprint density at radius 2 is 2.07 bits per heavy atom. The van der Waals surface area contributed by atoms with Gasteiger partial charge in [0.2, 0.25) is 0 Å². The van der Waals surface area contributed by atoms with Crippen LogP contribution in [0, 0.1) is 17.0 Å². The van der Waals surface area contributed by atoms with Crippen LogP contribution in [0.4, 0.5) is 10.8 Å². The van der Waals surface area contributed by atoms with E-state index in [-0.39, 0.29) is 10.8 Å². The molecule has 0 unspecified atom stereocenters. The van der Waals surface area contributed by atoms with Crippen molar-refractivity contribution in [2.45, 2.75) is 6.92 Å². The average Bonchev–Trinajstić information content (AvgIpc) is 3.12. The van der Waals surface area contributed by atoms with Crippen molar-refractivity contribution in [3.8, 4) is 11.3 Å². The molecule has 0 atom stereocenters. The predicted molar refractivity (Wildman–Crippen MR) is 114 cm³/mol. The molecular weight excluding hydrogens is 420 g/mol. The molecule has 0 aliphatic carbocycles. The smallest absolute Gasteiger partial charge is 0.270 e. The van der Waals surface area contributed by atoms with E-state index in [0.717, 1.165) is 5.56 Å². The molecule has 142 valence electrons. The number of nitrogens with zero attached hydrogens (tertiary/aromatic N) is 2. The largest absolute Gasteiger partial charge is 0.308 e. The van der Waals surface area contributed by atoms with Crippen LogP contribution in [-0.2, 0) is 0 Å². The summed E-state index contributed by atoms with van der Waals surface area (Å²) in [5, 5.41) is 19.1. The molecule has 1 amide bonds. The van der Waals surface area contributed by atoms with Gasteiger partial charge in [0.05, 0.1) is 10.6 Å². The minimum absolute atomic E-state index is 0.0143. The van der Waals surface area contributed by atoms with Crippen LogP contribution in [0.5, 0.6) is 0 Å². The SMILES string of the molecule is Cc1ccc(C(=O)NC(=S)Nc2nc(-c3cccc([N+](=O)[O-])c3)cs2)cc1Cl. The maximum atomic E-state index is 12.3. The molecule has 28 heavy (non-hydrogen) atoms. The summed E-state index contributed by atoms with van der Waals surface area (Å²) >= 11 is 12.5. The van der Waals surface area contributed by atoms with Crippen molar-refractivity contribution in [2.24, 2.45) is 0 Å². The zero-order chi connectivity index (χ0) is 20.3. The van der Waals surface area contributed by atoms with E-state index in [2.05, 4.69) is 15.6 Å². The first-order valence-electron chi connectivity index (χ1n) is 7.92. The highest BCUT2D eigenvalue weighted by Gasteiger charge is 2.13. The molecule has 10 heteroatoms. The van der Waals surface area contributed by atoms with E-state index < -0.39 is 10.8 Å². The maximum Gasteiger partial charge on any atom is 0.270 e. The second-order valence-electron chi connectivity index (χ2n) is 5.72. The number of non-ortho nitro benzene ring substituents is 1. The number of nitrogens with one attached hydrogen (secondary N) is 2. The lowest BCUT2D eigenvalue weighted by atomic mass is 10.1. The van der Waals surface area contributed by atoms with E-state index in [1.807, 2.05) is 6.92 Å². The highest BCUT2D eigenvalue weighted by molar-refractivity contribution is 7.80. The van der Waals surface area contributed by atoms with Crippen LogP contribution < -0.4 is 10.6 Å². The standard InChI is InChI=1S/C18H13ClN4O3S2/c1-10-5-6-12(8-14(10)19)16(24)21-17(27)22-18-20-15(9-28-18)11-3-2-4-13(7-11)23(25)26/h2-9H,1H3,(H2,20,21,22,24,27). The van der Waals surface area contributed by atoms with Crippen LogP contribution in [0.25, 0.3) is 11.3 Å². The molecular formula is C18H13ClN4O3S2. The lowest BCUT2D eigenvalue weighted by Gasteiger charge is -2.08. The van der Waals surface area contributed by atoms with Gasteiger partial charge in [-0.15, -0.1) is 11.3 Å². The molecule has 2 N–H and O–H groups in total. The number of thiazole rings is 1. The van der Waals surface area contributed by atoms with Gasteiger partial charge in [0.15, 0.2) is 10.2 Å². The maximum absolute atomic E-state index is 12.3. The summed E-state index contributed by atoms with van der Waals surface area (Å²) in [4.78, 5) is 27.1. The van der Waals surface area contributed by atoms with E-state index in [1.54, 1.807) is 35.7 Å². The van der Waals surface area contributed by atoms with Crippen LogP contribution in [0.1, 0.15) is 15.9 Å². The lowest BCUT2D eigenvalue weighted by Crippen LogP contribution is -2.34. The van der Waals surface area contributed by atoms with Crippen molar-refractivity contribution in [1.29, 1.82) is 0 Å². The Balaban J connectivity index is 1.67. The number of benzene rings is 2. The second-order valence-corrected chi connectivity index (χ2v) is 7.39. The fraction of sp³-hybridized carbons (Fsp3) is 0.0556. The number of hydrogen-bond acceptors (Lipinski definition) is 6. The number of rotatable bonds is 4. The Labute approximate surface area is 174 Å². The van der Waals surface area contributed by atoms with Crippen LogP contribution in [-0.4, -0.2) is 20.9 Å². The lowest BCUT2D eigenvalue weighted by molar-refractivity contribution is -0.384. The molecule has 1 heterocycles. The van der Waals surface area contributed by atoms with Gasteiger partial charge in [0, 0.05) is 33.7 Å². The molecule has 0 saturated heterocycles. The zero-order valence-corrected chi connectivity index (χ0v) is 16.8. The molecule has 0 fully saturated rings. The number of thiocarbonyl (C=S) groups is 1. The number of nitro groups is 1. The van der Waals surface area contributed by atoms with Gasteiger partial charge in [-0.3, -0.25) is 20.2 Å². The van der Waals surface area contributed by atoms with Crippen molar-refractivity contribution in [3.05, 3.63) is 74.1 Å². The van der Waals surface area contributed by atoms with E-state index >= 15 is 0 Å². The number of aromatic nitrogens is 1. The van der Waals surface area contributed by atoms with E-state index in [1.165, 1.54) is 23.5 Å². The number of halogens is 1. The van der Waals surface area contributed by atoms with Gasteiger partial charge in [-0.1, -0.05) is 29.8 Å². The molecule has 0 spiro atoms. The van der Waals surface area contributed by atoms with Crippen LogP contribution >= 0.6 is 35.2 Å². The molecule has 3 rings (SSSR count). The topological polar surface area (TPSA) is 97.2 Å². The monoisotopic (exact) mass is 432 g/mol. The Hall–Kier alpha value is -2.88. The summed E-state index contributed by atoms with van der Waals surface area (Å²) in [6, 6.07) is 11.2. The van der Waals surface area contributed by atoms with Crippen molar-refractivity contribution in [3.63, 3.8) is 0 Å². The molecule has 3 aromatic rings. The van der Waals surface area contributed by atoms with Crippen molar-refractivity contribution in [1.82, 2.24) is 10.3 Å². The van der Waals surface area contributed by atoms with E-state index in [9.17, 15) is 14.9 Å². The van der Waals surface area contributed by atoms with Crippen molar-refractivity contribution < 1.29 is 9.72 Å². The highest BCUT2D eigenvalue weighted by Crippen LogP contribution is 2.27. The van der Waals surface area contributed by atoms with E-state index in [4.69, 9.17) is 23.8 Å². The third-order valence-corrected chi connectivity index (χ3v) is 5.11. The highest BCUT2D eigenvalue weighted by atomic mass is 35.5. The number of aryl methyl sites for hydroxylation is 1. The Morgan fingerprint density at radius 3 is 2.79 bits per heavy atom. The summed E-state index contributed by atoms with van der Waals surface area (Å²) < 4.78 is 0. The molecule has 0 bridgehead atoms. The Morgan fingerprint density at radius 1 is 1.29 bits per heavy atom. The fourth-order valence-corrected chi connectivity index (χ4v) is 3.44. The molecule has 0 aliphatic heterocycles. The summed E-state index contributed by atoms with van der Waals surface area (Å²) in [6.07, 6.45) is 0. The van der Waals surface area contributed by atoms with Crippen molar-refractivity contribution >= 4 is 57.0 Å². The summed E-state index contributed by atoms with van der Waals surface area (Å²) in [7, 11) is 0. The third-order valence-electron chi connectivity index (χ3n) is 3.74. The normalized spacial score (nSPS) is 10.4. The van der Waals surface area contributed by atoms with Gasteiger partial charge in [-0.05, 0) is 36.8 Å². The second kappa shape index (κ2) is 8.42. The molecule has 0 saturated carbocycles. The molecule has 0 aliphatic rings. The number of carbonyl (C=O) groups excluding carboxylic acids is 1. The van der Waals surface area contributed by atoms with Gasteiger partial charge in [0.1, 0.15) is 0 Å². The molecule has 0 radical (unpaired) electrons. The molecule has 1 aromatic heterocycles. The van der Waals surface area contributed by atoms with Gasteiger partial charge >= 0.3 is 0 Å². The fourth-order valence-electron chi connectivity index (χ4n) is 2.28. The first kappa shape index (κ1) is 19.9. The number of carbonyl (C=O) groups is 1. The Kier molecular flexibility index (Phi) is 5.98. The quantitative estimate of drug-likeness (QED) is 0.349. The molecule has 2 aromatic carbocycles. The van der Waals surface area contributed by atoms with Gasteiger partial charge in [-0.25, -0.2) is 4.98 Å². The zero-order valence-electron chi connectivity index (χ0n) is 14.4. The van der Waals surface area contributed by atoms with Crippen LogP contribution in [0.3, 0.4) is 0 Å². The predicted octanol–water partition coefficient (Wildman–Crippen LogP) is 4.81. The third kappa shape index (κ3) is 4.69. The minimum Gasteiger partial charge on any atom is -0.308 e. The van der Waals surface area contributed by atoms with Crippen LogP contribution in [0.15, 0.2) is 47.8 Å². The van der Waals surface area contributed by atoms with Crippen LogP contribution in [0.2, 0.25) is 5.02 Å².